The van der Waals surface area contributed by atoms with Gasteiger partial charge in [-0.3, -0.25) is 0 Å². The van der Waals surface area contributed by atoms with Gasteiger partial charge in [0.15, 0.2) is 23.0 Å². The highest BCUT2D eigenvalue weighted by Crippen LogP contribution is 2.29. The number of hydrogen-bond donors (Lipinski definition) is 2. The molecule has 7 heteroatoms. The molecule has 0 aliphatic heterocycles. The summed E-state index contributed by atoms with van der Waals surface area (Å²) >= 11 is 0. The lowest BCUT2D eigenvalue weighted by atomic mass is 10.3. The lowest BCUT2D eigenvalue weighted by molar-refractivity contribution is 0.253. The van der Waals surface area contributed by atoms with Gasteiger partial charge in [0.05, 0.1) is 27.9 Å². The monoisotopic (exact) mass is 370 g/mol. The van der Waals surface area contributed by atoms with Gasteiger partial charge in [-0.25, -0.2) is 4.79 Å². The second-order valence-electron chi connectivity index (χ2n) is 5.17. The number of amides is 2. The Morgan fingerprint density at radius 3 is 2.26 bits per heavy atom. The smallest absolute Gasteiger partial charge is 0.319 e. The molecule has 0 saturated carbocycles. The number of hydrogen-bond acceptors (Lipinski definition) is 5. The lowest BCUT2D eigenvalue weighted by Crippen LogP contribution is -2.28. The molecule has 2 amide bonds. The van der Waals surface area contributed by atoms with Crippen molar-refractivity contribution in [2.45, 2.75) is 0 Å². The molecule has 0 spiro atoms. The van der Waals surface area contributed by atoms with E-state index in [2.05, 4.69) is 22.5 Å². The molecule has 0 aliphatic carbocycles. The van der Waals surface area contributed by atoms with E-state index in [1.54, 1.807) is 38.5 Å². The third kappa shape index (κ3) is 6.04. The molecule has 27 heavy (non-hydrogen) atoms. The van der Waals surface area contributed by atoms with Crippen molar-refractivity contribution >= 4 is 11.7 Å². The van der Waals surface area contributed by atoms with Crippen molar-refractivity contribution in [3.8, 4) is 34.8 Å². The number of benzene rings is 2. The average Bonchev–Trinajstić information content (AvgIpc) is 2.70. The summed E-state index contributed by atoms with van der Waals surface area (Å²) in [7, 11) is 4.66. The highest BCUT2D eigenvalue weighted by molar-refractivity contribution is 5.89. The van der Waals surface area contributed by atoms with Crippen LogP contribution in [0.15, 0.2) is 42.5 Å². The molecule has 142 valence electrons. The highest BCUT2D eigenvalue weighted by atomic mass is 16.5. The van der Waals surface area contributed by atoms with Crippen molar-refractivity contribution in [2.24, 2.45) is 0 Å². The largest absolute Gasteiger partial charge is 0.493 e. The van der Waals surface area contributed by atoms with Gasteiger partial charge < -0.3 is 29.6 Å². The van der Waals surface area contributed by atoms with Crippen LogP contribution in [0.3, 0.4) is 0 Å². The van der Waals surface area contributed by atoms with Gasteiger partial charge in [0.25, 0.3) is 0 Å². The number of anilines is 1. The second-order valence-corrected chi connectivity index (χ2v) is 5.17. The van der Waals surface area contributed by atoms with Crippen LogP contribution < -0.4 is 29.6 Å². The molecular weight excluding hydrogens is 348 g/mol. The third-order valence-electron chi connectivity index (χ3n) is 3.47. The van der Waals surface area contributed by atoms with Crippen LogP contribution in [0.5, 0.6) is 23.0 Å². The lowest BCUT2D eigenvalue weighted by Gasteiger charge is -2.10. The molecular formula is C20H22N2O5. The number of carbonyl (C=O) groups is 1. The molecule has 0 radical (unpaired) electrons. The highest BCUT2D eigenvalue weighted by Gasteiger charge is 2.06. The van der Waals surface area contributed by atoms with E-state index in [-0.39, 0.29) is 19.2 Å². The molecule has 0 bridgehead atoms. The fourth-order valence-corrected chi connectivity index (χ4v) is 2.18. The molecule has 0 saturated heterocycles. The number of ether oxygens (including phenoxy) is 4. The van der Waals surface area contributed by atoms with Crippen molar-refractivity contribution in [3.05, 3.63) is 42.5 Å². The molecule has 0 heterocycles. The summed E-state index contributed by atoms with van der Waals surface area (Å²) in [5.74, 6) is 8.03. The molecule has 2 N–H and O–H groups in total. The normalized spacial score (nSPS) is 9.44. The minimum atomic E-state index is -0.373. The van der Waals surface area contributed by atoms with Gasteiger partial charge in [-0.1, -0.05) is 24.0 Å². The minimum absolute atomic E-state index is 0.189. The zero-order valence-corrected chi connectivity index (χ0v) is 15.5. The number of rotatable bonds is 7. The van der Waals surface area contributed by atoms with Gasteiger partial charge in [-0.2, -0.15) is 0 Å². The molecule has 7 nitrogen and oxygen atoms in total. The summed E-state index contributed by atoms with van der Waals surface area (Å²) in [4.78, 5) is 11.9. The molecule has 0 atom stereocenters. The van der Waals surface area contributed by atoms with E-state index < -0.39 is 0 Å². The fraction of sp³-hybridized carbons (Fsp3) is 0.250. The summed E-state index contributed by atoms with van der Waals surface area (Å²) in [6.07, 6.45) is 0. The predicted molar refractivity (Wildman–Crippen MR) is 103 cm³/mol. The van der Waals surface area contributed by atoms with Gasteiger partial charge in [0.1, 0.15) is 6.61 Å². The van der Waals surface area contributed by atoms with Gasteiger partial charge >= 0.3 is 6.03 Å². The summed E-state index contributed by atoms with van der Waals surface area (Å²) in [5.41, 5.74) is 0.581. The molecule has 0 unspecified atom stereocenters. The Labute approximate surface area is 158 Å². The van der Waals surface area contributed by atoms with Crippen LogP contribution in [0.1, 0.15) is 0 Å². The maximum Gasteiger partial charge on any atom is 0.319 e. The molecule has 2 rings (SSSR count). The van der Waals surface area contributed by atoms with E-state index in [4.69, 9.17) is 18.9 Å². The predicted octanol–water partition coefficient (Wildman–Crippen LogP) is 2.92. The first-order valence-electron chi connectivity index (χ1n) is 8.16. The molecule has 2 aromatic rings. The molecule has 0 aliphatic rings. The first-order chi connectivity index (χ1) is 13.2. The number of carbonyl (C=O) groups excluding carboxylic acids is 1. The van der Waals surface area contributed by atoms with E-state index >= 15 is 0 Å². The van der Waals surface area contributed by atoms with E-state index in [0.717, 1.165) is 0 Å². The number of para-hydroxylation sites is 2. The summed E-state index contributed by atoms with van der Waals surface area (Å²) in [6.45, 7) is 0.383. The second kappa shape index (κ2) is 10.5. The zero-order chi connectivity index (χ0) is 19.5. The van der Waals surface area contributed by atoms with Gasteiger partial charge in [0, 0.05) is 11.8 Å². The third-order valence-corrected chi connectivity index (χ3v) is 3.47. The number of nitrogens with one attached hydrogen (secondary N) is 2. The summed E-state index contributed by atoms with van der Waals surface area (Å²) < 4.78 is 21.1. The van der Waals surface area contributed by atoms with Crippen LogP contribution in [0.2, 0.25) is 0 Å². The summed E-state index contributed by atoms with van der Waals surface area (Å²) in [6, 6.07) is 12.0. The van der Waals surface area contributed by atoms with Gasteiger partial charge in [0.2, 0.25) is 0 Å². The molecule has 0 aromatic heterocycles. The standard InChI is InChI=1S/C20H22N2O5/c1-24-16-8-4-5-9-18(16)27-13-7-6-12-21-20(23)22-15-10-11-17(25-2)19(14-15)26-3/h4-5,8-11,14H,12-13H2,1-3H3,(H2,21,22,23). The van der Waals surface area contributed by atoms with Crippen LogP contribution in [-0.2, 0) is 0 Å². The summed E-state index contributed by atoms with van der Waals surface area (Å²) in [5, 5.41) is 5.34. The van der Waals surface area contributed by atoms with Crippen LogP contribution in [0.4, 0.5) is 10.5 Å². The Kier molecular flexibility index (Phi) is 7.67. The Balaban J connectivity index is 1.76. The Morgan fingerprint density at radius 2 is 1.56 bits per heavy atom. The van der Waals surface area contributed by atoms with E-state index in [9.17, 15) is 4.79 Å². The Hall–Kier alpha value is -3.53. The van der Waals surface area contributed by atoms with E-state index in [0.29, 0.717) is 28.7 Å². The first-order valence-corrected chi connectivity index (χ1v) is 8.16. The van der Waals surface area contributed by atoms with Crippen LogP contribution in [0, 0.1) is 11.8 Å². The van der Waals surface area contributed by atoms with Crippen molar-refractivity contribution < 1.29 is 23.7 Å². The van der Waals surface area contributed by atoms with Crippen LogP contribution in [-0.4, -0.2) is 40.5 Å². The molecule has 0 fully saturated rings. The maximum absolute atomic E-state index is 11.9. The number of urea groups is 1. The zero-order valence-electron chi connectivity index (χ0n) is 15.5. The fourth-order valence-electron chi connectivity index (χ4n) is 2.18. The Morgan fingerprint density at radius 1 is 0.889 bits per heavy atom. The van der Waals surface area contributed by atoms with Crippen LogP contribution >= 0.6 is 0 Å². The van der Waals surface area contributed by atoms with Gasteiger partial charge in [-0.15, -0.1) is 0 Å². The Bertz CT molecular complexity index is 827. The number of methoxy groups -OCH3 is 3. The maximum atomic E-state index is 11.9. The first kappa shape index (κ1) is 19.8. The molecule has 2 aromatic carbocycles. The van der Waals surface area contributed by atoms with Crippen molar-refractivity contribution in [1.82, 2.24) is 5.32 Å². The SMILES string of the molecule is COc1ccc(NC(=O)NCC#CCOc2ccccc2OC)cc1OC. The van der Waals surface area contributed by atoms with Crippen LogP contribution in [0.25, 0.3) is 0 Å². The van der Waals surface area contributed by atoms with Gasteiger partial charge in [-0.05, 0) is 24.3 Å². The van der Waals surface area contributed by atoms with Crippen molar-refractivity contribution in [3.63, 3.8) is 0 Å². The van der Waals surface area contributed by atoms with Crippen molar-refractivity contribution in [2.75, 3.05) is 39.8 Å². The topological polar surface area (TPSA) is 78.1 Å². The van der Waals surface area contributed by atoms with E-state index in [1.165, 1.54) is 7.11 Å². The quantitative estimate of drug-likeness (QED) is 0.733. The van der Waals surface area contributed by atoms with Crippen molar-refractivity contribution in [1.29, 1.82) is 0 Å². The van der Waals surface area contributed by atoms with E-state index in [1.807, 2.05) is 18.2 Å². The average molecular weight is 370 g/mol. The minimum Gasteiger partial charge on any atom is -0.493 e.